The van der Waals surface area contributed by atoms with Crippen LogP contribution in [0.5, 0.6) is 0 Å². The first-order valence-corrected chi connectivity index (χ1v) is 14.9. The van der Waals surface area contributed by atoms with Crippen LogP contribution in [0, 0.1) is 0 Å². The molecule has 1 aliphatic carbocycles. The van der Waals surface area contributed by atoms with E-state index in [1.807, 2.05) is 24.4 Å². The molecule has 1 aliphatic rings. The summed E-state index contributed by atoms with van der Waals surface area (Å²) in [6.07, 6.45) is 12.0. The quantitative estimate of drug-likeness (QED) is 0.205. The fraction of sp³-hybridized carbons (Fsp3) is 0.0500. The van der Waals surface area contributed by atoms with Gasteiger partial charge in [0, 0.05) is 40.0 Å². The molecule has 1 unspecified atom stereocenters. The van der Waals surface area contributed by atoms with Gasteiger partial charge in [-0.3, -0.25) is 0 Å². The second-order valence-electron chi connectivity index (χ2n) is 11.4. The number of fused-ring (bicyclic) bond motifs is 9. The van der Waals surface area contributed by atoms with Gasteiger partial charge in [0.15, 0.2) is 0 Å². The normalized spacial score (nSPS) is 15.2. The van der Waals surface area contributed by atoms with E-state index in [9.17, 15) is 0 Å². The molecular weight excluding hydrogens is 522 g/mol. The highest BCUT2D eigenvalue weighted by atomic mass is 15.0. The summed E-state index contributed by atoms with van der Waals surface area (Å²) >= 11 is 0. The topological polar surface area (TPSA) is 30.2 Å². The van der Waals surface area contributed by atoms with E-state index in [2.05, 4.69) is 126 Å². The van der Waals surface area contributed by atoms with Crippen LogP contribution in [0.15, 0.2) is 146 Å². The van der Waals surface area contributed by atoms with E-state index in [0.29, 0.717) is 5.92 Å². The van der Waals surface area contributed by atoms with Gasteiger partial charge in [-0.1, -0.05) is 121 Å². The van der Waals surface area contributed by atoms with Crippen LogP contribution in [-0.4, -0.2) is 14.4 Å². The summed E-state index contributed by atoms with van der Waals surface area (Å²) in [5, 5.41) is 8.67. The number of benzene rings is 5. The number of imidazole rings is 1. The van der Waals surface area contributed by atoms with Crippen LogP contribution in [0.25, 0.3) is 65.7 Å². The van der Waals surface area contributed by atoms with Crippen molar-refractivity contribution in [2.75, 3.05) is 0 Å². The Labute approximate surface area is 249 Å². The largest absolute Gasteiger partial charge is 0.306 e. The van der Waals surface area contributed by atoms with Gasteiger partial charge in [-0.05, 0) is 51.2 Å². The lowest BCUT2D eigenvalue weighted by molar-refractivity contribution is 0.856. The molecule has 0 N–H and O–H groups in total. The summed E-state index contributed by atoms with van der Waals surface area (Å²) in [6.45, 7) is 0. The van der Waals surface area contributed by atoms with Crippen molar-refractivity contribution in [3.8, 4) is 11.3 Å². The van der Waals surface area contributed by atoms with Crippen molar-refractivity contribution in [1.82, 2.24) is 14.4 Å². The highest BCUT2D eigenvalue weighted by molar-refractivity contribution is 6.30. The summed E-state index contributed by atoms with van der Waals surface area (Å²) in [7, 11) is 0. The lowest BCUT2D eigenvalue weighted by atomic mass is 9.87. The van der Waals surface area contributed by atoms with Crippen molar-refractivity contribution < 1.29 is 0 Å². The van der Waals surface area contributed by atoms with Crippen LogP contribution in [0.1, 0.15) is 23.6 Å². The summed E-state index contributed by atoms with van der Waals surface area (Å²) in [5.74, 6) is 0.329. The zero-order valence-corrected chi connectivity index (χ0v) is 23.5. The molecule has 202 valence electrons. The highest BCUT2D eigenvalue weighted by Crippen LogP contribution is 2.41. The summed E-state index contributed by atoms with van der Waals surface area (Å²) in [4.78, 5) is 10.2. The minimum absolute atomic E-state index is 0.329. The molecule has 3 heterocycles. The zero-order chi connectivity index (χ0) is 28.3. The second kappa shape index (κ2) is 9.50. The number of aromatic nitrogens is 3. The predicted molar refractivity (Wildman–Crippen MR) is 179 cm³/mol. The molecule has 5 aromatic carbocycles. The number of allylic oxidation sites excluding steroid dienone is 4. The molecule has 0 saturated carbocycles. The van der Waals surface area contributed by atoms with Gasteiger partial charge in [0.25, 0.3) is 0 Å². The van der Waals surface area contributed by atoms with E-state index in [1.165, 1.54) is 48.8 Å². The van der Waals surface area contributed by atoms with Crippen molar-refractivity contribution in [1.29, 1.82) is 0 Å². The number of hydrogen-bond donors (Lipinski definition) is 0. The number of pyridine rings is 2. The molecule has 0 saturated heterocycles. The van der Waals surface area contributed by atoms with Crippen LogP contribution in [-0.2, 0) is 0 Å². The molecule has 3 nitrogen and oxygen atoms in total. The van der Waals surface area contributed by atoms with Crippen LogP contribution in [0.2, 0.25) is 0 Å². The molecule has 43 heavy (non-hydrogen) atoms. The van der Waals surface area contributed by atoms with Crippen molar-refractivity contribution in [2.45, 2.75) is 12.3 Å². The molecule has 3 aromatic heterocycles. The maximum atomic E-state index is 5.44. The lowest BCUT2D eigenvalue weighted by Crippen LogP contribution is -2.01. The van der Waals surface area contributed by atoms with E-state index in [1.54, 1.807) is 0 Å². The Bertz CT molecular complexity index is 2390. The summed E-state index contributed by atoms with van der Waals surface area (Å²) in [6, 6.07) is 41.1. The maximum absolute atomic E-state index is 5.44. The molecule has 0 radical (unpaired) electrons. The monoisotopic (exact) mass is 549 g/mol. The van der Waals surface area contributed by atoms with Gasteiger partial charge in [-0.25, -0.2) is 9.97 Å². The molecule has 0 aliphatic heterocycles. The Balaban J connectivity index is 1.11. The van der Waals surface area contributed by atoms with Gasteiger partial charge in [0.1, 0.15) is 5.65 Å². The van der Waals surface area contributed by atoms with Crippen LogP contribution >= 0.6 is 0 Å². The Morgan fingerprint density at radius 1 is 0.605 bits per heavy atom. The third-order valence-electron chi connectivity index (χ3n) is 8.95. The lowest BCUT2D eigenvalue weighted by Gasteiger charge is -2.19. The number of hydrogen-bond acceptors (Lipinski definition) is 2. The average molecular weight is 550 g/mol. The predicted octanol–water partition coefficient (Wildman–Crippen LogP) is 10.1. The fourth-order valence-corrected chi connectivity index (χ4v) is 6.83. The smallest absolute Gasteiger partial charge is 0.137 e. The van der Waals surface area contributed by atoms with E-state index < -0.39 is 0 Å². The van der Waals surface area contributed by atoms with E-state index >= 15 is 0 Å². The summed E-state index contributed by atoms with van der Waals surface area (Å²) in [5.41, 5.74) is 7.72. The molecule has 1 atom stereocenters. The Hall–Kier alpha value is -5.54. The zero-order valence-electron chi connectivity index (χ0n) is 23.5. The average Bonchev–Trinajstić information content (AvgIpc) is 3.53. The molecule has 8 aromatic rings. The van der Waals surface area contributed by atoms with Crippen LogP contribution < -0.4 is 0 Å². The van der Waals surface area contributed by atoms with Crippen molar-refractivity contribution >= 4 is 54.4 Å². The van der Waals surface area contributed by atoms with E-state index in [-0.39, 0.29) is 0 Å². The third kappa shape index (κ3) is 3.82. The maximum Gasteiger partial charge on any atom is 0.137 e. The van der Waals surface area contributed by atoms with Gasteiger partial charge in [-0.15, -0.1) is 0 Å². The number of rotatable bonds is 3. The van der Waals surface area contributed by atoms with Crippen molar-refractivity contribution in [3.63, 3.8) is 0 Å². The first-order chi connectivity index (χ1) is 21.3. The van der Waals surface area contributed by atoms with Gasteiger partial charge >= 0.3 is 0 Å². The SMILES string of the molecule is C1=CC(c2ccc(-c3cn4ccccc4n3)cc2)CC=C1c1nc2c3ccccc3c3ccccc3c2c2ccccc12. The Morgan fingerprint density at radius 3 is 1.98 bits per heavy atom. The van der Waals surface area contributed by atoms with Gasteiger partial charge in [0.05, 0.1) is 16.9 Å². The van der Waals surface area contributed by atoms with E-state index in [0.717, 1.165) is 34.5 Å². The first kappa shape index (κ1) is 24.1. The molecule has 0 fully saturated rings. The van der Waals surface area contributed by atoms with Gasteiger partial charge in [0.2, 0.25) is 0 Å². The molecule has 0 amide bonds. The minimum atomic E-state index is 0.329. The molecule has 0 spiro atoms. The highest BCUT2D eigenvalue weighted by Gasteiger charge is 2.19. The molecule has 9 rings (SSSR count). The first-order valence-electron chi connectivity index (χ1n) is 14.9. The van der Waals surface area contributed by atoms with Crippen molar-refractivity contribution in [2.24, 2.45) is 0 Å². The Kier molecular flexibility index (Phi) is 5.32. The van der Waals surface area contributed by atoms with Crippen LogP contribution in [0.3, 0.4) is 0 Å². The number of nitrogens with zero attached hydrogens (tertiary/aromatic N) is 3. The summed E-state index contributed by atoms with van der Waals surface area (Å²) < 4.78 is 2.06. The van der Waals surface area contributed by atoms with Gasteiger partial charge in [-0.2, -0.15) is 0 Å². The Morgan fingerprint density at radius 2 is 1.26 bits per heavy atom. The third-order valence-corrected chi connectivity index (χ3v) is 8.95. The standard InChI is InChI=1S/C40H27N3/c1-3-11-32-30(9-1)31-10-2-5-13-34(31)40-38(32)33-12-4-6-14-35(33)39(42-40)29-22-18-27(19-23-29)26-16-20-28(21-17-26)36-25-43-24-8-7-15-37(43)41-36/h1-18,20-25,27H,19H2. The van der Waals surface area contributed by atoms with E-state index in [4.69, 9.17) is 9.97 Å². The fourth-order valence-electron chi connectivity index (χ4n) is 6.83. The minimum Gasteiger partial charge on any atom is -0.306 e. The van der Waals surface area contributed by atoms with Crippen LogP contribution in [0.4, 0.5) is 0 Å². The molecule has 3 heteroatoms. The van der Waals surface area contributed by atoms with Crippen molar-refractivity contribution in [3.05, 3.63) is 157 Å². The molecular formula is C40H27N3. The second-order valence-corrected chi connectivity index (χ2v) is 11.4. The molecule has 0 bridgehead atoms. The van der Waals surface area contributed by atoms with Gasteiger partial charge < -0.3 is 4.40 Å².